The van der Waals surface area contributed by atoms with E-state index in [9.17, 15) is 4.79 Å². The zero-order valence-corrected chi connectivity index (χ0v) is 17.0. The van der Waals surface area contributed by atoms with Crippen LogP contribution in [0.3, 0.4) is 0 Å². The summed E-state index contributed by atoms with van der Waals surface area (Å²) in [4.78, 5) is 17.3. The van der Waals surface area contributed by atoms with E-state index in [0.717, 1.165) is 48.5 Å². The lowest BCUT2D eigenvalue weighted by molar-refractivity contribution is 0.0957. The number of carbonyl (C=O) groups excluding carboxylic acids is 1. The van der Waals surface area contributed by atoms with Gasteiger partial charge in [-0.05, 0) is 32.8 Å². The predicted molar refractivity (Wildman–Crippen MR) is 110 cm³/mol. The minimum Gasteiger partial charge on any atom is -0.376 e. The number of carbonyl (C=O) groups is 1. The minimum atomic E-state index is 0.0998. The van der Waals surface area contributed by atoms with Gasteiger partial charge < -0.3 is 9.30 Å². The first-order valence-corrected chi connectivity index (χ1v) is 10.5. The Morgan fingerprint density at radius 2 is 2.14 bits per heavy atom. The molecule has 1 aliphatic heterocycles. The van der Waals surface area contributed by atoms with Gasteiger partial charge in [0.15, 0.2) is 11.6 Å². The first kappa shape index (κ1) is 19.0. The SMILES string of the molecule is Cc1cc(C(=O)CSc2n[nH]c(-c3ccccc3)n2)c(C)n1CC1CCCO1. The molecule has 7 heteroatoms. The van der Waals surface area contributed by atoms with Crippen molar-refractivity contribution in [2.45, 2.75) is 44.5 Å². The third-order valence-corrected chi connectivity index (χ3v) is 5.98. The maximum atomic E-state index is 12.8. The molecule has 0 bridgehead atoms. The first-order valence-electron chi connectivity index (χ1n) is 9.54. The average molecular weight is 397 g/mol. The second-order valence-corrected chi connectivity index (χ2v) is 8.02. The molecule has 1 fully saturated rings. The zero-order chi connectivity index (χ0) is 19.5. The van der Waals surface area contributed by atoms with Gasteiger partial charge in [-0.15, -0.1) is 5.10 Å². The number of ether oxygens (including phenoxy) is 1. The number of benzene rings is 1. The summed E-state index contributed by atoms with van der Waals surface area (Å²) in [6.07, 6.45) is 2.46. The Morgan fingerprint density at radius 1 is 1.32 bits per heavy atom. The molecule has 1 aromatic carbocycles. The van der Waals surface area contributed by atoms with Crippen LogP contribution in [0.1, 0.15) is 34.6 Å². The van der Waals surface area contributed by atoms with Crippen molar-refractivity contribution in [1.82, 2.24) is 19.7 Å². The maximum Gasteiger partial charge on any atom is 0.209 e. The van der Waals surface area contributed by atoms with Gasteiger partial charge in [0.05, 0.1) is 11.9 Å². The Morgan fingerprint density at radius 3 is 2.89 bits per heavy atom. The summed E-state index contributed by atoms with van der Waals surface area (Å²) in [5.41, 5.74) is 3.87. The zero-order valence-electron chi connectivity index (χ0n) is 16.1. The molecular formula is C21H24N4O2S. The van der Waals surface area contributed by atoms with E-state index in [1.54, 1.807) is 0 Å². The van der Waals surface area contributed by atoms with Crippen molar-refractivity contribution in [3.63, 3.8) is 0 Å². The summed E-state index contributed by atoms with van der Waals surface area (Å²) in [5, 5.41) is 7.75. The second kappa shape index (κ2) is 8.32. The van der Waals surface area contributed by atoms with Crippen molar-refractivity contribution in [1.29, 1.82) is 0 Å². The van der Waals surface area contributed by atoms with E-state index in [-0.39, 0.29) is 11.9 Å². The van der Waals surface area contributed by atoms with Crippen molar-refractivity contribution in [2.24, 2.45) is 0 Å². The number of aromatic nitrogens is 4. The first-order chi connectivity index (χ1) is 13.6. The van der Waals surface area contributed by atoms with Gasteiger partial charge in [-0.25, -0.2) is 4.98 Å². The van der Waals surface area contributed by atoms with Crippen LogP contribution in [-0.2, 0) is 11.3 Å². The Hall–Kier alpha value is -2.38. The Balaban J connectivity index is 1.41. The van der Waals surface area contributed by atoms with Crippen LogP contribution < -0.4 is 0 Å². The van der Waals surface area contributed by atoms with Crippen LogP contribution in [0.2, 0.25) is 0 Å². The number of ketones is 1. The number of aryl methyl sites for hydroxylation is 1. The third-order valence-electron chi connectivity index (χ3n) is 5.13. The highest BCUT2D eigenvalue weighted by molar-refractivity contribution is 7.99. The number of hydrogen-bond donors (Lipinski definition) is 1. The molecule has 1 saturated heterocycles. The quantitative estimate of drug-likeness (QED) is 0.482. The molecule has 0 spiro atoms. The van der Waals surface area contributed by atoms with E-state index < -0.39 is 0 Å². The van der Waals surface area contributed by atoms with E-state index in [4.69, 9.17) is 4.74 Å². The van der Waals surface area contributed by atoms with Gasteiger partial charge in [0.2, 0.25) is 5.16 Å². The van der Waals surface area contributed by atoms with Crippen LogP contribution >= 0.6 is 11.8 Å². The molecule has 3 heterocycles. The summed E-state index contributed by atoms with van der Waals surface area (Å²) in [6, 6.07) is 11.8. The van der Waals surface area contributed by atoms with Crippen molar-refractivity contribution in [2.75, 3.05) is 12.4 Å². The van der Waals surface area contributed by atoms with Crippen molar-refractivity contribution >= 4 is 17.5 Å². The highest BCUT2D eigenvalue weighted by Crippen LogP contribution is 2.23. The molecule has 0 saturated carbocycles. The average Bonchev–Trinajstić information content (AvgIpc) is 3.45. The molecule has 146 valence electrons. The number of hydrogen-bond acceptors (Lipinski definition) is 5. The summed E-state index contributed by atoms with van der Waals surface area (Å²) in [6.45, 7) is 5.72. The van der Waals surface area contributed by atoms with E-state index in [0.29, 0.717) is 16.7 Å². The lowest BCUT2D eigenvalue weighted by Gasteiger charge is -2.14. The van der Waals surface area contributed by atoms with Crippen LogP contribution in [0.4, 0.5) is 0 Å². The molecule has 1 atom stereocenters. The molecule has 3 aromatic rings. The van der Waals surface area contributed by atoms with E-state index in [1.165, 1.54) is 11.8 Å². The minimum absolute atomic E-state index is 0.0998. The summed E-state index contributed by atoms with van der Waals surface area (Å²) in [7, 11) is 0. The van der Waals surface area contributed by atoms with Gasteiger partial charge in [-0.1, -0.05) is 42.1 Å². The highest BCUT2D eigenvalue weighted by Gasteiger charge is 2.21. The number of H-pyrrole nitrogens is 1. The maximum absolute atomic E-state index is 12.8. The topological polar surface area (TPSA) is 72.8 Å². The van der Waals surface area contributed by atoms with E-state index in [1.807, 2.05) is 50.2 Å². The summed E-state index contributed by atoms with van der Waals surface area (Å²) in [5.74, 6) is 1.13. The predicted octanol–water partition coefficient (Wildman–Crippen LogP) is 4.04. The van der Waals surface area contributed by atoms with Gasteiger partial charge in [0.1, 0.15) is 0 Å². The highest BCUT2D eigenvalue weighted by atomic mass is 32.2. The molecule has 0 amide bonds. The number of aromatic amines is 1. The largest absolute Gasteiger partial charge is 0.376 e. The van der Waals surface area contributed by atoms with Gasteiger partial charge in [0.25, 0.3) is 0 Å². The fourth-order valence-electron chi connectivity index (χ4n) is 3.60. The fraction of sp³-hybridized carbons (Fsp3) is 0.381. The lowest BCUT2D eigenvalue weighted by Crippen LogP contribution is -2.17. The Kier molecular flexibility index (Phi) is 5.64. The van der Waals surface area contributed by atoms with Crippen molar-refractivity contribution in [3.05, 3.63) is 53.3 Å². The molecular weight excluding hydrogens is 372 g/mol. The number of thioether (sulfide) groups is 1. The number of rotatable bonds is 7. The van der Waals surface area contributed by atoms with Crippen molar-refractivity contribution in [3.8, 4) is 11.4 Å². The summed E-state index contributed by atoms with van der Waals surface area (Å²) >= 11 is 1.36. The molecule has 4 rings (SSSR count). The molecule has 6 nitrogen and oxygen atoms in total. The molecule has 1 unspecified atom stereocenters. The van der Waals surface area contributed by atoms with Gasteiger partial charge in [0, 0.05) is 35.7 Å². The summed E-state index contributed by atoms with van der Waals surface area (Å²) < 4.78 is 7.95. The molecule has 1 N–H and O–H groups in total. The van der Waals surface area contributed by atoms with Crippen LogP contribution in [0.15, 0.2) is 41.6 Å². The van der Waals surface area contributed by atoms with Crippen molar-refractivity contribution < 1.29 is 9.53 Å². The normalized spacial score (nSPS) is 16.6. The molecule has 28 heavy (non-hydrogen) atoms. The molecule has 0 aliphatic carbocycles. The smallest absolute Gasteiger partial charge is 0.209 e. The Bertz CT molecular complexity index is 958. The monoisotopic (exact) mass is 396 g/mol. The fourth-order valence-corrected chi connectivity index (χ4v) is 4.28. The van der Waals surface area contributed by atoms with Crippen LogP contribution in [0, 0.1) is 13.8 Å². The number of nitrogens with one attached hydrogen (secondary N) is 1. The van der Waals surface area contributed by atoms with Crippen LogP contribution in [0.25, 0.3) is 11.4 Å². The van der Waals surface area contributed by atoms with Crippen LogP contribution in [-0.4, -0.2) is 44.0 Å². The van der Waals surface area contributed by atoms with E-state index >= 15 is 0 Å². The third kappa shape index (κ3) is 4.05. The van der Waals surface area contributed by atoms with Crippen LogP contribution in [0.5, 0.6) is 0 Å². The molecule has 1 aliphatic rings. The standard InChI is InChI=1S/C21H24N4O2S/c1-14-11-18(15(2)25(14)12-17-9-6-10-27-17)19(26)13-28-21-22-20(23-24-21)16-7-4-3-5-8-16/h3-5,7-8,11,17H,6,9-10,12-13H2,1-2H3,(H,22,23,24). The lowest BCUT2D eigenvalue weighted by atomic mass is 10.2. The van der Waals surface area contributed by atoms with Gasteiger partial charge >= 0.3 is 0 Å². The van der Waals surface area contributed by atoms with Gasteiger partial charge in [-0.2, -0.15) is 0 Å². The Labute approximate surface area is 168 Å². The number of nitrogens with zero attached hydrogens (tertiary/aromatic N) is 3. The molecule has 0 radical (unpaired) electrons. The second-order valence-electron chi connectivity index (χ2n) is 7.07. The number of Topliss-reactive ketones (excluding diaryl/α,β-unsaturated/α-hetero) is 1. The van der Waals surface area contributed by atoms with Gasteiger partial charge in [-0.3, -0.25) is 9.89 Å². The molecule has 2 aromatic heterocycles. The van der Waals surface area contributed by atoms with E-state index in [2.05, 4.69) is 19.7 Å².